The molecule has 0 bridgehead atoms. The predicted octanol–water partition coefficient (Wildman–Crippen LogP) is 1.93. The minimum atomic E-state index is 0.0253. The van der Waals surface area contributed by atoms with Crippen molar-refractivity contribution in [3.8, 4) is 0 Å². The molecule has 1 aromatic heterocycles. The summed E-state index contributed by atoms with van der Waals surface area (Å²) in [7, 11) is 5.98. The van der Waals surface area contributed by atoms with Gasteiger partial charge in [0, 0.05) is 19.8 Å². The van der Waals surface area contributed by atoms with Crippen molar-refractivity contribution in [1.82, 2.24) is 14.8 Å². The van der Waals surface area contributed by atoms with E-state index in [1.807, 2.05) is 7.05 Å². The number of pyridine rings is 1. The van der Waals surface area contributed by atoms with Crippen LogP contribution in [-0.2, 0) is 6.42 Å². The molecule has 19 heavy (non-hydrogen) atoms. The number of carbonyl (C=O) groups excluding carboxylic acids is 1. The fourth-order valence-electron chi connectivity index (χ4n) is 2.46. The molecule has 0 saturated carbocycles. The van der Waals surface area contributed by atoms with Crippen molar-refractivity contribution < 1.29 is 4.79 Å². The average Bonchev–Trinajstić information content (AvgIpc) is 2.47. The minimum Gasteiger partial charge on any atom is -0.341 e. The lowest BCUT2D eigenvalue weighted by atomic mass is 9.98. The van der Waals surface area contributed by atoms with Crippen LogP contribution in [0.2, 0.25) is 5.02 Å². The molecule has 104 valence electrons. The lowest BCUT2D eigenvalue weighted by molar-refractivity contribution is 0.0779. The molecule has 2 rings (SSSR count). The zero-order valence-electron chi connectivity index (χ0n) is 11.7. The Morgan fingerprint density at radius 3 is 2.95 bits per heavy atom. The molecule has 1 amide bonds. The Balaban J connectivity index is 2.22. The molecule has 1 aromatic rings. The van der Waals surface area contributed by atoms with Crippen molar-refractivity contribution in [1.29, 1.82) is 0 Å². The van der Waals surface area contributed by atoms with Crippen LogP contribution >= 0.6 is 11.6 Å². The van der Waals surface area contributed by atoms with Crippen LogP contribution in [0.1, 0.15) is 22.5 Å². The minimum absolute atomic E-state index is 0.0253. The number of amides is 1. The number of fused-ring (bicyclic) bond motifs is 1. The van der Waals surface area contributed by atoms with Gasteiger partial charge in [0.2, 0.25) is 0 Å². The molecule has 0 saturated heterocycles. The van der Waals surface area contributed by atoms with Gasteiger partial charge in [-0.25, -0.2) is 0 Å². The van der Waals surface area contributed by atoms with Crippen LogP contribution in [0.3, 0.4) is 0 Å². The Morgan fingerprint density at radius 2 is 2.26 bits per heavy atom. The Hall–Kier alpha value is -1.13. The Kier molecular flexibility index (Phi) is 4.42. The van der Waals surface area contributed by atoms with Crippen molar-refractivity contribution >= 4 is 17.5 Å². The highest BCUT2D eigenvalue weighted by molar-refractivity contribution is 6.30. The lowest BCUT2D eigenvalue weighted by Crippen LogP contribution is -2.31. The number of rotatable bonds is 3. The molecule has 2 heterocycles. The first kappa shape index (κ1) is 14.3. The molecule has 0 N–H and O–H groups in total. The normalized spacial score (nSPS) is 19.5. The van der Waals surface area contributed by atoms with E-state index in [1.54, 1.807) is 17.2 Å². The Labute approximate surface area is 119 Å². The number of halogens is 1. The summed E-state index contributed by atoms with van der Waals surface area (Å²) in [4.78, 5) is 20.6. The summed E-state index contributed by atoms with van der Waals surface area (Å²) in [6.07, 6.45) is 3.53. The van der Waals surface area contributed by atoms with Crippen LogP contribution in [0, 0.1) is 5.92 Å². The molecule has 1 atom stereocenters. The molecule has 1 aliphatic heterocycles. The summed E-state index contributed by atoms with van der Waals surface area (Å²) >= 11 is 5.94. The number of hydrogen-bond acceptors (Lipinski definition) is 3. The zero-order valence-corrected chi connectivity index (χ0v) is 12.4. The largest absolute Gasteiger partial charge is 0.341 e. The summed E-state index contributed by atoms with van der Waals surface area (Å²) in [6, 6.07) is 1.73. The number of nitrogens with zero attached hydrogens (tertiary/aromatic N) is 3. The number of aromatic nitrogens is 1. The first-order chi connectivity index (χ1) is 8.97. The molecule has 0 aliphatic carbocycles. The van der Waals surface area contributed by atoms with Crippen molar-refractivity contribution in [2.75, 3.05) is 34.2 Å². The van der Waals surface area contributed by atoms with Gasteiger partial charge in [-0.15, -0.1) is 0 Å². The molecule has 1 aliphatic rings. The van der Waals surface area contributed by atoms with E-state index in [-0.39, 0.29) is 5.91 Å². The van der Waals surface area contributed by atoms with Crippen LogP contribution in [0.4, 0.5) is 0 Å². The van der Waals surface area contributed by atoms with Gasteiger partial charge >= 0.3 is 0 Å². The van der Waals surface area contributed by atoms with Crippen LogP contribution in [0.25, 0.3) is 0 Å². The molecule has 4 nitrogen and oxygen atoms in total. The molecule has 0 radical (unpaired) electrons. The second kappa shape index (κ2) is 5.88. The second-order valence-corrected chi connectivity index (χ2v) is 5.93. The smallest absolute Gasteiger partial charge is 0.255 e. The maximum absolute atomic E-state index is 12.3. The van der Waals surface area contributed by atoms with Crippen molar-refractivity contribution in [2.24, 2.45) is 5.92 Å². The van der Waals surface area contributed by atoms with Crippen LogP contribution in [0.5, 0.6) is 0 Å². The third kappa shape index (κ3) is 3.45. The van der Waals surface area contributed by atoms with Crippen molar-refractivity contribution in [2.45, 2.75) is 12.8 Å². The highest BCUT2D eigenvalue weighted by Crippen LogP contribution is 2.23. The lowest BCUT2D eigenvalue weighted by Gasteiger charge is -2.21. The highest BCUT2D eigenvalue weighted by Gasteiger charge is 2.26. The monoisotopic (exact) mass is 281 g/mol. The van der Waals surface area contributed by atoms with E-state index in [2.05, 4.69) is 24.0 Å². The standard InChI is InChI=1S/C14H20ClN3O/c1-17(2)5-4-10-6-13-12(7-11(15)8-16-13)14(19)18(3)9-10/h7-8,10H,4-6,9H2,1-3H3. The van der Waals surface area contributed by atoms with Crippen LogP contribution < -0.4 is 0 Å². The molecule has 0 aromatic carbocycles. The highest BCUT2D eigenvalue weighted by atomic mass is 35.5. The van der Waals surface area contributed by atoms with Crippen molar-refractivity contribution in [3.05, 3.63) is 28.5 Å². The van der Waals surface area contributed by atoms with Crippen LogP contribution in [0.15, 0.2) is 12.3 Å². The maximum Gasteiger partial charge on any atom is 0.255 e. The predicted molar refractivity (Wildman–Crippen MR) is 76.6 cm³/mol. The summed E-state index contributed by atoms with van der Waals surface area (Å²) in [5, 5.41) is 0.521. The Morgan fingerprint density at radius 1 is 1.53 bits per heavy atom. The Bertz CT molecular complexity index is 476. The SMILES string of the molecule is CN(C)CCC1Cc2ncc(Cl)cc2C(=O)N(C)C1. The van der Waals surface area contributed by atoms with E-state index >= 15 is 0 Å². The molecule has 1 unspecified atom stereocenters. The second-order valence-electron chi connectivity index (χ2n) is 5.50. The summed E-state index contributed by atoms with van der Waals surface area (Å²) < 4.78 is 0. The van der Waals surface area contributed by atoms with Gasteiger partial charge in [-0.3, -0.25) is 9.78 Å². The maximum atomic E-state index is 12.3. The van der Waals surface area contributed by atoms with Crippen LogP contribution in [-0.4, -0.2) is 54.9 Å². The average molecular weight is 282 g/mol. The first-order valence-corrected chi connectivity index (χ1v) is 6.89. The fourth-order valence-corrected chi connectivity index (χ4v) is 2.62. The number of carbonyl (C=O) groups is 1. The summed E-state index contributed by atoms with van der Waals surface area (Å²) in [5.74, 6) is 0.476. The van der Waals surface area contributed by atoms with Gasteiger partial charge in [-0.2, -0.15) is 0 Å². The van der Waals surface area contributed by atoms with Gasteiger partial charge in [-0.05, 0) is 45.5 Å². The van der Waals surface area contributed by atoms with E-state index in [0.29, 0.717) is 16.5 Å². The third-order valence-corrected chi connectivity index (χ3v) is 3.72. The molecular weight excluding hydrogens is 262 g/mol. The molecule has 0 spiro atoms. The van der Waals surface area contributed by atoms with Crippen molar-refractivity contribution in [3.63, 3.8) is 0 Å². The summed E-state index contributed by atoms with van der Waals surface area (Å²) in [6.45, 7) is 1.80. The van der Waals surface area contributed by atoms with Gasteiger partial charge < -0.3 is 9.80 Å². The van der Waals surface area contributed by atoms with E-state index in [9.17, 15) is 4.79 Å². The fraction of sp³-hybridized carbons (Fsp3) is 0.571. The topological polar surface area (TPSA) is 36.4 Å². The van der Waals surface area contributed by atoms with Gasteiger partial charge in [0.15, 0.2) is 0 Å². The zero-order chi connectivity index (χ0) is 14.0. The summed E-state index contributed by atoms with van der Waals surface area (Å²) in [5.41, 5.74) is 1.53. The van der Waals surface area contributed by atoms with E-state index in [1.165, 1.54) is 0 Å². The third-order valence-electron chi connectivity index (χ3n) is 3.51. The van der Waals surface area contributed by atoms with E-state index in [4.69, 9.17) is 11.6 Å². The quantitative estimate of drug-likeness (QED) is 0.849. The van der Waals surface area contributed by atoms with E-state index < -0.39 is 0 Å². The van der Waals surface area contributed by atoms with Gasteiger partial charge in [0.1, 0.15) is 0 Å². The molecular formula is C14H20ClN3O. The number of hydrogen-bond donors (Lipinski definition) is 0. The van der Waals surface area contributed by atoms with Gasteiger partial charge in [-0.1, -0.05) is 11.6 Å². The molecule has 0 fully saturated rings. The van der Waals surface area contributed by atoms with Gasteiger partial charge in [0.05, 0.1) is 16.3 Å². The first-order valence-electron chi connectivity index (χ1n) is 6.52. The van der Waals surface area contributed by atoms with E-state index in [0.717, 1.165) is 31.6 Å². The van der Waals surface area contributed by atoms with Gasteiger partial charge in [0.25, 0.3) is 5.91 Å². The molecule has 5 heteroatoms.